The van der Waals surface area contributed by atoms with E-state index in [2.05, 4.69) is 23.2 Å². The zero-order valence-corrected chi connectivity index (χ0v) is 10.7. The van der Waals surface area contributed by atoms with Crippen LogP contribution >= 0.6 is 0 Å². The van der Waals surface area contributed by atoms with Crippen LogP contribution in [0.5, 0.6) is 5.88 Å². The van der Waals surface area contributed by atoms with Gasteiger partial charge in [-0.05, 0) is 36.5 Å². The van der Waals surface area contributed by atoms with Gasteiger partial charge >= 0.3 is 0 Å². The van der Waals surface area contributed by atoms with Crippen LogP contribution < -0.4 is 16.2 Å². The number of nitrogen functional groups attached to an aromatic ring is 2. The normalized spacial score (nSPS) is 17.8. The molecule has 4 nitrogen and oxygen atoms in total. The van der Waals surface area contributed by atoms with Crippen molar-refractivity contribution in [1.82, 2.24) is 4.98 Å². The van der Waals surface area contributed by atoms with Gasteiger partial charge in [-0.1, -0.05) is 24.3 Å². The Morgan fingerprint density at radius 3 is 2.79 bits per heavy atom. The maximum Gasteiger partial charge on any atom is 0.215 e. The zero-order chi connectivity index (χ0) is 13.2. The molecule has 0 spiro atoms. The van der Waals surface area contributed by atoms with E-state index in [9.17, 15) is 0 Å². The molecular formula is C15H17N3O. The molecule has 3 rings (SSSR count). The van der Waals surface area contributed by atoms with Gasteiger partial charge in [0.15, 0.2) is 5.82 Å². The van der Waals surface area contributed by atoms with E-state index in [1.165, 1.54) is 11.1 Å². The molecule has 4 heteroatoms. The van der Waals surface area contributed by atoms with E-state index in [0.717, 1.165) is 19.3 Å². The minimum Gasteiger partial charge on any atom is -0.469 e. The second-order valence-corrected chi connectivity index (χ2v) is 4.82. The van der Waals surface area contributed by atoms with Crippen LogP contribution in [0, 0.1) is 0 Å². The van der Waals surface area contributed by atoms with Crippen molar-refractivity contribution >= 4 is 11.5 Å². The van der Waals surface area contributed by atoms with Crippen LogP contribution in [0.15, 0.2) is 36.4 Å². The van der Waals surface area contributed by atoms with Crippen molar-refractivity contribution in [3.05, 3.63) is 47.5 Å². The molecule has 1 aliphatic carbocycles. The number of nitrogens with two attached hydrogens (primary N) is 2. The number of benzene rings is 1. The summed E-state index contributed by atoms with van der Waals surface area (Å²) in [5, 5.41) is 0. The molecule has 0 radical (unpaired) electrons. The summed E-state index contributed by atoms with van der Waals surface area (Å²) in [5.74, 6) is 0.856. The fraction of sp³-hybridized carbons (Fsp3) is 0.267. The van der Waals surface area contributed by atoms with Gasteiger partial charge in [0.2, 0.25) is 5.88 Å². The summed E-state index contributed by atoms with van der Waals surface area (Å²) in [4.78, 5) is 4.17. The first kappa shape index (κ1) is 11.8. The topological polar surface area (TPSA) is 74.2 Å². The third kappa shape index (κ3) is 2.34. The third-order valence-corrected chi connectivity index (χ3v) is 3.51. The molecule has 1 atom stereocenters. The van der Waals surface area contributed by atoms with Crippen molar-refractivity contribution in [3.8, 4) is 5.88 Å². The summed E-state index contributed by atoms with van der Waals surface area (Å²) in [6.45, 7) is 0. The second-order valence-electron chi connectivity index (χ2n) is 4.82. The number of nitrogens with zero attached hydrogens (tertiary/aromatic N) is 1. The van der Waals surface area contributed by atoms with Crippen LogP contribution in [0.25, 0.3) is 0 Å². The molecule has 98 valence electrons. The van der Waals surface area contributed by atoms with Gasteiger partial charge in [-0.15, -0.1) is 0 Å². The van der Waals surface area contributed by atoms with Crippen molar-refractivity contribution in [2.45, 2.75) is 25.4 Å². The zero-order valence-electron chi connectivity index (χ0n) is 10.7. The highest BCUT2D eigenvalue weighted by molar-refractivity contribution is 5.58. The summed E-state index contributed by atoms with van der Waals surface area (Å²) in [5.41, 5.74) is 14.5. The molecule has 0 amide bonds. The summed E-state index contributed by atoms with van der Waals surface area (Å²) >= 11 is 0. The molecule has 4 N–H and O–H groups in total. The summed E-state index contributed by atoms with van der Waals surface area (Å²) in [6, 6.07) is 11.9. The smallest absolute Gasteiger partial charge is 0.215 e. The highest BCUT2D eigenvalue weighted by atomic mass is 16.5. The van der Waals surface area contributed by atoms with Gasteiger partial charge in [0.05, 0.1) is 5.69 Å². The minimum atomic E-state index is 0.0560. The Hall–Kier alpha value is -2.23. The molecule has 0 fully saturated rings. The van der Waals surface area contributed by atoms with Crippen molar-refractivity contribution in [1.29, 1.82) is 0 Å². The van der Waals surface area contributed by atoms with Crippen LogP contribution in [0.1, 0.15) is 30.1 Å². The number of anilines is 2. The Bertz CT molecular complexity index is 598. The minimum absolute atomic E-state index is 0.0560. The van der Waals surface area contributed by atoms with Crippen molar-refractivity contribution in [3.63, 3.8) is 0 Å². The predicted octanol–water partition coefficient (Wildman–Crippen LogP) is 2.70. The van der Waals surface area contributed by atoms with Crippen molar-refractivity contribution in [2.24, 2.45) is 0 Å². The van der Waals surface area contributed by atoms with Crippen molar-refractivity contribution < 1.29 is 4.74 Å². The molecule has 1 aromatic carbocycles. The van der Waals surface area contributed by atoms with Crippen LogP contribution in [-0.4, -0.2) is 4.98 Å². The first-order valence-electron chi connectivity index (χ1n) is 6.50. The summed E-state index contributed by atoms with van der Waals surface area (Å²) in [7, 11) is 0. The number of rotatable bonds is 2. The number of ether oxygens (including phenoxy) is 1. The average molecular weight is 255 g/mol. The highest BCUT2D eigenvalue weighted by Crippen LogP contribution is 2.33. The van der Waals surface area contributed by atoms with E-state index >= 15 is 0 Å². The lowest BCUT2D eigenvalue weighted by Crippen LogP contribution is -2.16. The summed E-state index contributed by atoms with van der Waals surface area (Å²) < 4.78 is 5.97. The van der Waals surface area contributed by atoms with Crippen molar-refractivity contribution in [2.75, 3.05) is 11.5 Å². The number of pyridine rings is 1. The molecule has 1 aromatic heterocycles. The van der Waals surface area contributed by atoms with Gasteiger partial charge < -0.3 is 16.2 Å². The lowest BCUT2D eigenvalue weighted by molar-refractivity contribution is 0.176. The molecular weight excluding hydrogens is 238 g/mol. The second kappa shape index (κ2) is 4.80. The Balaban J connectivity index is 1.86. The van der Waals surface area contributed by atoms with E-state index in [4.69, 9.17) is 16.2 Å². The lowest BCUT2D eigenvalue weighted by atomic mass is 9.89. The van der Waals surface area contributed by atoms with Gasteiger partial charge in [-0.3, -0.25) is 0 Å². The number of hydrogen-bond donors (Lipinski definition) is 2. The molecule has 2 aromatic rings. The van der Waals surface area contributed by atoms with Crippen LogP contribution in [0.2, 0.25) is 0 Å². The summed E-state index contributed by atoms with van der Waals surface area (Å²) in [6.07, 6.45) is 3.31. The number of hydrogen-bond acceptors (Lipinski definition) is 4. The quantitative estimate of drug-likeness (QED) is 0.865. The fourth-order valence-electron chi connectivity index (χ4n) is 2.51. The third-order valence-electron chi connectivity index (χ3n) is 3.51. The monoisotopic (exact) mass is 255 g/mol. The molecule has 0 bridgehead atoms. The Morgan fingerprint density at radius 2 is 1.95 bits per heavy atom. The Labute approximate surface area is 112 Å². The van der Waals surface area contributed by atoms with Gasteiger partial charge in [0, 0.05) is 6.07 Å². The number of fused-ring (bicyclic) bond motifs is 1. The van der Waals surface area contributed by atoms with E-state index in [0.29, 0.717) is 17.4 Å². The van der Waals surface area contributed by atoms with Gasteiger partial charge in [-0.25, -0.2) is 0 Å². The lowest BCUT2D eigenvalue weighted by Gasteiger charge is -2.25. The van der Waals surface area contributed by atoms with Gasteiger partial charge in [0.25, 0.3) is 0 Å². The standard InChI is InChI=1S/C15H17N3O/c16-12-8-9-14(18-15(12)17)19-13-7-3-5-10-4-1-2-6-11(10)13/h1-2,4,6,8-9,13H,3,5,7,16H2,(H2,17,18). The van der Waals surface area contributed by atoms with E-state index in [1.807, 2.05) is 6.07 Å². The van der Waals surface area contributed by atoms with Crippen LogP contribution in [0.4, 0.5) is 11.5 Å². The molecule has 0 saturated carbocycles. The fourth-order valence-corrected chi connectivity index (χ4v) is 2.51. The predicted molar refractivity (Wildman–Crippen MR) is 75.8 cm³/mol. The molecule has 0 aliphatic heterocycles. The molecule has 1 unspecified atom stereocenters. The largest absolute Gasteiger partial charge is 0.469 e. The average Bonchev–Trinajstić information content (AvgIpc) is 2.43. The molecule has 19 heavy (non-hydrogen) atoms. The molecule has 0 saturated heterocycles. The number of aromatic nitrogens is 1. The first-order chi connectivity index (χ1) is 9.24. The maximum absolute atomic E-state index is 5.97. The molecule has 1 heterocycles. The number of aryl methyl sites for hydroxylation is 1. The van der Waals surface area contributed by atoms with Gasteiger partial charge in [-0.2, -0.15) is 4.98 Å². The van der Waals surface area contributed by atoms with E-state index in [-0.39, 0.29) is 6.10 Å². The first-order valence-corrected chi connectivity index (χ1v) is 6.50. The van der Waals surface area contributed by atoms with E-state index in [1.54, 1.807) is 12.1 Å². The van der Waals surface area contributed by atoms with Gasteiger partial charge in [0.1, 0.15) is 6.10 Å². The highest BCUT2D eigenvalue weighted by Gasteiger charge is 2.21. The maximum atomic E-state index is 5.97. The van der Waals surface area contributed by atoms with Crippen LogP contribution in [-0.2, 0) is 6.42 Å². The molecule has 1 aliphatic rings. The SMILES string of the molecule is Nc1ccc(OC2CCCc3ccccc32)nc1N. The van der Waals surface area contributed by atoms with Crippen LogP contribution in [0.3, 0.4) is 0 Å². The Kier molecular flexibility index (Phi) is 2.99. The Morgan fingerprint density at radius 1 is 1.11 bits per heavy atom. The van der Waals surface area contributed by atoms with E-state index < -0.39 is 0 Å².